The van der Waals surface area contributed by atoms with Gasteiger partial charge in [-0.1, -0.05) is 18.2 Å². The van der Waals surface area contributed by atoms with Gasteiger partial charge in [-0.2, -0.15) is 0 Å². The number of hydrogen-bond acceptors (Lipinski definition) is 4. The summed E-state index contributed by atoms with van der Waals surface area (Å²) in [6, 6.07) is 9.92. The van der Waals surface area contributed by atoms with Crippen LogP contribution in [-0.2, 0) is 16.1 Å². The number of carbonyl (C=O) groups is 2. The number of nitrogens with one attached hydrogen (secondary N) is 1. The van der Waals surface area contributed by atoms with Crippen LogP contribution in [0.5, 0.6) is 0 Å². The molecule has 27 heavy (non-hydrogen) atoms. The monoisotopic (exact) mass is 386 g/mol. The fourth-order valence-corrected chi connectivity index (χ4v) is 3.70. The van der Waals surface area contributed by atoms with Gasteiger partial charge in [-0.05, 0) is 37.6 Å². The van der Waals surface area contributed by atoms with E-state index in [2.05, 4.69) is 5.32 Å². The largest absolute Gasteiger partial charge is 0.452 e. The summed E-state index contributed by atoms with van der Waals surface area (Å²) in [7, 11) is 0. The van der Waals surface area contributed by atoms with Crippen LogP contribution in [0.15, 0.2) is 48.8 Å². The van der Waals surface area contributed by atoms with Gasteiger partial charge >= 0.3 is 5.97 Å². The average Bonchev–Trinajstić information content (AvgIpc) is 3.28. The maximum absolute atomic E-state index is 13.6. The molecule has 7 heteroatoms. The molecule has 0 saturated heterocycles. The van der Waals surface area contributed by atoms with Crippen LogP contribution < -0.4 is 5.32 Å². The Labute approximate surface area is 160 Å². The quantitative estimate of drug-likeness (QED) is 0.656. The number of carbonyl (C=O) groups excluding carboxylic acids is 2. The molecule has 1 amide bonds. The normalized spacial score (nSPS) is 10.6. The molecule has 0 radical (unpaired) electrons. The minimum atomic E-state index is -0.554. The molecule has 2 aromatic heterocycles. The lowest BCUT2D eigenvalue weighted by Crippen LogP contribution is -2.28. The van der Waals surface area contributed by atoms with E-state index in [1.807, 2.05) is 42.9 Å². The van der Waals surface area contributed by atoms with Gasteiger partial charge in [-0.3, -0.25) is 4.79 Å². The van der Waals surface area contributed by atoms with E-state index in [-0.39, 0.29) is 6.54 Å². The Kier molecular flexibility index (Phi) is 5.71. The highest BCUT2D eigenvalue weighted by molar-refractivity contribution is 7.15. The molecule has 5 nitrogen and oxygen atoms in total. The second-order valence-corrected chi connectivity index (χ2v) is 7.20. The van der Waals surface area contributed by atoms with E-state index in [4.69, 9.17) is 4.74 Å². The van der Waals surface area contributed by atoms with Crippen molar-refractivity contribution in [3.63, 3.8) is 0 Å². The molecule has 140 valence electrons. The molecule has 0 atom stereocenters. The number of aromatic nitrogens is 1. The van der Waals surface area contributed by atoms with Crippen LogP contribution in [-0.4, -0.2) is 23.1 Å². The Hall–Kier alpha value is -2.93. The highest BCUT2D eigenvalue weighted by Crippen LogP contribution is 2.31. The van der Waals surface area contributed by atoms with Crippen molar-refractivity contribution < 1.29 is 18.7 Å². The third-order valence-corrected chi connectivity index (χ3v) is 5.40. The van der Waals surface area contributed by atoms with Crippen molar-refractivity contribution in [2.75, 3.05) is 6.61 Å². The third-order valence-electron chi connectivity index (χ3n) is 4.18. The summed E-state index contributed by atoms with van der Waals surface area (Å²) in [6.45, 7) is 3.40. The standard InChI is InChI=1S/C20H19FN2O3S/c1-13-14(2)27-19(23-9-5-6-10-23)18(13)20(25)26-12-17(24)22-11-15-7-3-4-8-16(15)21/h3-10H,11-12H2,1-2H3,(H,22,24). The van der Waals surface area contributed by atoms with Crippen LogP contribution in [0.25, 0.3) is 5.00 Å². The van der Waals surface area contributed by atoms with Gasteiger partial charge in [0, 0.05) is 29.4 Å². The Balaban J connectivity index is 1.63. The molecule has 0 unspecified atom stereocenters. The SMILES string of the molecule is Cc1sc(-n2cccc2)c(C(=O)OCC(=O)NCc2ccccc2F)c1C. The molecule has 0 saturated carbocycles. The summed E-state index contributed by atoms with van der Waals surface area (Å²) in [4.78, 5) is 25.5. The summed E-state index contributed by atoms with van der Waals surface area (Å²) >= 11 is 1.49. The minimum Gasteiger partial charge on any atom is -0.452 e. The smallest absolute Gasteiger partial charge is 0.341 e. The lowest BCUT2D eigenvalue weighted by atomic mass is 10.1. The molecule has 0 spiro atoms. The summed E-state index contributed by atoms with van der Waals surface area (Å²) < 4.78 is 20.6. The number of hydrogen-bond donors (Lipinski definition) is 1. The van der Waals surface area contributed by atoms with Crippen LogP contribution in [0.3, 0.4) is 0 Å². The maximum atomic E-state index is 13.6. The highest BCUT2D eigenvalue weighted by Gasteiger charge is 2.22. The van der Waals surface area contributed by atoms with E-state index in [0.717, 1.165) is 15.4 Å². The zero-order valence-electron chi connectivity index (χ0n) is 15.0. The molecule has 1 N–H and O–H groups in total. The fraction of sp³-hybridized carbons (Fsp3) is 0.200. The lowest BCUT2D eigenvalue weighted by molar-refractivity contribution is -0.124. The first-order valence-electron chi connectivity index (χ1n) is 8.38. The highest BCUT2D eigenvalue weighted by atomic mass is 32.1. The van der Waals surface area contributed by atoms with Crippen LogP contribution in [0.4, 0.5) is 4.39 Å². The molecule has 0 aliphatic rings. The Bertz CT molecular complexity index is 964. The molecule has 3 rings (SSSR count). The number of ether oxygens (including phenoxy) is 1. The van der Waals surface area contributed by atoms with Gasteiger partial charge < -0.3 is 14.6 Å². The molecule has 2 heterocycles. The number of thiophene rings is 1. The summed E-state index contributed by atoms with van der Waals surface area (Å²) in [5.74, 6) is -1.43. The molecule has 0 aliphatic heterocycles. The summed E-state index contributed by atoms with van der Waals surface area (Å²) in [5, 5.41) is 3.31. The lowest BCUT2D eigenvalue weighted by Gasteiger charge is -2.09. The number of aryl methyl sites for hydroxylation is 1. The van der Waals surface area contributed by atoms with Gasteiger partial charge in [-0.25, -0.2) is 9.18 Å². The van der Waals surface area contributed by atoms with Crippen molar-refractivity contribution in [3.8, 4) is 5.00 Å². The fourth-order valence-electron chi connectivity index (χ4n) is 2.59. The predicted molar refractivity (Wildman–Crippen MR) is 102 cm³/mol. The number of amides is 1. The van der Waals surface area contributed by atoms with Crippen LogP contribution >= 0.6 is 11.3 Å². The van der Waals surface area contributed by atoms with Gasteiger partial charge in [0.1, 0.15) is 10.8 Å². The van der Waals surface area contributed by atoms with E-state index in [1.54, 1.807) is 18.2 Å². The molecule has 3 aromatic rings. The van der Waals surface area contributed by atoms with Crippen molar-refractivity contribution >= 4 is 23.2 Å². The van der Waals surface area contributed by atoms with Gasteiger partial charge in [0.05, 0.1) is 5.56 Å². The van der Waals surface area contributed by atoms with Gasteiger partial charge in [0.15, 0.2) is 6.61 Å². The summed E-state index contributed by atoms with van der Waals surface area (Å²) in [5.41, 5.74) is 1.66. The van der Waals surface area contributed by atoms with Crippen molar-refractivity contribution in [1.82, 2.24) is 9.88 Å². The van der Waals surface area contributed by atoms with Crippen LogP contribution in [0, 0.1) is 19.7 Å². The number of esters is 1. The molecule has 0 aliphatic carbocycles. The van der Waals surface area contributed by atoms with Gasteiger partial charge in [0.25, 0.3) is 5.91 Å². The van der Waals surface area contributed by atoms with E-state index < -0.39 is 24.3 Å². The molecule has 0 bridgehead atoms. The number of halogens is 1. The zero-order valence-corrected chi connectivity index (χ0v) is 15.8. The zero-order chi connectivity index (χ0) is 19.4. The second-order valence-electron chi connectivity index (χ2n) is 6.00. The van der Waals surface area contributed by atoms with Crippen LogP contribution in [0.2, 0.25) is 0 Å². The number of benzene rings is 1. The molecule has 1 aromatic carbocycles. The third kappa shape index (κ3) is 4.25. The minimum absolute atomic E-state index is 0.0360. The molecular formula is C20H19FN2O3S. The number of nitrogens with zero attached hydrogens (tertiary/aromatic N) is 1. The topological polar surface area (TPSA) is 60.3 Å². The average molecular weight is 386 g/mol. The first kappa shape index (κ1) is 18.8. The first-order valence-corrected chi connectivity index (χ1v) is 9.19. The van der Waals surface area contributed by atoms with Crippen molar-refractivity contribution in [1.29, 1.82) is 0 Å². The molecule has 0 fully saturated rings. The number of rotatable bonds is 6. The Morgan fingerprint density at radius 2 is 1.85 bits per heavy atom. The predicted octanol–water partition coefficient (Wildman–Crippen LogP) is 3.77. The van der Waals surface area contributed by atoms with Crippen LogP contribution in [0.1, 0.15) is 26.4 Å². The van der Waals surface area contributed by atoms with Crippen molar-refractivity contribution in [2.24, 2.45) is 0 Å². The van der Waals surface area contributed by atoms with E-state index >= 15 is 0 Å². The van der Waals surface area contributed by atoms with Crippen molar-refractivity contribution in [3.05, 3.63) is 76.2 Å². The Morgan fingerprint density at radius 3 is 2.56 bits per heavy atom. The van der Waals surface area contributed by atoms with E-state index in [1.165, 1.54) is 17.4 Å². The molecular weight excluding hydrogens is 367 g/mol. The van der Waals surface area contributed by atoms with E-state index in [9.17, 15) is 14.0 Å². The summed E-state index contributed by atoms with van der Waals surface area (Å²) in [6.07, 6.45) is 3.70. The maximum Gasteiger partial charge on any atom is 0.341 e. The van der Waals surface area contributed by atoms with Crippen molar-refractivity contribution in [2.45, 2.75) is 20.4 Å². The Morgan fingerprint density at radius 1 is 1.15 bits per heavy atom. The van der Waals surface area contributed by atoms with E-state index in [0.29, 0.717) is 11.1 Å². The second kappa shape index (κ2) is 8.18. The van der Waals surface area contributed by atoms with Gasteiger partial charge in [0.2, 0.25) is 0 Å². The van der Waals surface area contributed by atoms with Gasteiger partial charge in [-0.15, -0.1) is 11.3 Å². The first-order chi connectivity index (χ1) is 13.0.